The molecule has 1 amide bonds. The SMILES string of the molecule is CCNCC(=O)N(C)CCc1cccc(C)c1. The average molecular weight is 234 g/mol. The molecule has 3 heteroatoms. The summed E-state index contributed by atoms with van der Waals surface area (Å²) in [5.41, 5.74) is 2.55. The van der Waals surface area contributed by atoms with Crippen LogP contribution in [0.3, 0.4) is 0 Å². The molecular weight excluding hydrogens is 212 g/mol. The van der Waals surface area contributed by atoms with E-state index in [1.807, 2.05) is 14.0 Å². The number of rotatable bonds is 6. The van der Waals surface area contributed by atoms with Crippen LogP contribution in [-0.2, 0) is 11.2 Å². The van der Waals surface area contributed by atoms with Gasteiger partial charge in [-0.15, -0.1) is 0 Å². The summed E-state index contributed by atoms with van der Waals surface area (Å²) in [6, 6.07) is 8.42. The Morgan fingerprint density at radius 3 is 2.82 bits per heavy atom. The summed E-state index contributed by atoms with van der Waals surface area (Å²) in [5, 5.41) is 3.05. The zero-order valence-corrected chi connectivity index (χ0v) is 11.0. The molecule has 0 saturated carbocycles. The highest BCUT2D eigenvalue weighted by molar-refractivity contribution is 5.77. The van der Waals surface area contributed by atoms with E-state index in [0.717, 1.165) is 19.5 Å². The van der Waals surface area contributed by atoms with Crippen LogP contribution in [0.15, 0.2) is 24.3 Å². The summed E-state index contributed by atoms with van der Waals surface area (Å²) >= 11 is 0. The van der Waals surface area contributed by atoms with Crippen molar-refractivity contribution in [2.24, 2.45) is 0 Å². The van der Waals surface area contributed by atoms with Crippen molar-refractivity contribution in [1.82, 2.24) is 10.2 Å². The highest BCUT2D eigenvalue weighted by Crippen LogP contribution is 2.05. The van der Waals surface area contributed by atoms with Gasteiger partial charge in [0.05, 0.1) is 6.54 Å². The maximum Gasteiger partial charge on any atom is 0.236 e. The molecule has 0 aromatic heterocycles. The molecule has 1 aromatic rings. The zero-order valence-electron chi connectivity index (χ0n) is 11.0. The van der Waals surface area contributed by atoms with Crippen molar-refractivity contribution < 1.29 is 4.79 Å². The smallest absolute Gasteiger partial charge is 0.236 e. The monoisotopic (exact) mass is 234 g/mol. The Morgan fingerprint density at radius 2 is 2.18 bits per heavy atom. The van der Waals surface area contributed by atoms with Crippen LogP contribution in [0.25, 0.3) is 0 Å². The van der Waals surface area contributed by atoms with Gasteiger partial charge in [0.15, 0.2) is 0 Å². The topological polar surface area (TPSA) is 32.3 Å². The summed E-state index contributed by atoms with van der Waals surface area (Å²) in [6.45, 7) is 6.12. The third-order valence-electron chi connectivity index (χ3n) is 2.77. The van der Waals surface area contributed by atoms with E-state index in [2.05, 4.69) is 36.5 Å². The molecule has 0 heterocycles. The van der Waals surface area contributed by atoms with Crippen LogP contribution in [0.4, 0.5) is 0 Å². The number of carbonyl (C=O) groups excluding carboxylic acids is 1. The number of nitrogens with zero attached hydrogens (tertiary/aromatic N) is 1. The van der Waals surface area contributed by atoms with Crippen LogP contribution in [0.5, 0.6) is 0 Å². The molecule has 0 atom stereocenters. The molecule has 0 unspecified atom stereocenters. The molecule has 3 nitrogen and oxygen atoms in total. The Balaban J connectivity index is 2.37. The molecular formula is C14H22N2O. The summed E-state index contributed by atoms with van der Waals surface area (Å²) in [6.07, 6.45) is 0.913. The van der Waals surface area contributed by atoms with Gasteiger partial charge in [-0.1, -0.05) is 36.8 Å². The highest BCUT2D eigenvalue weighted by Gasteiger charge is 2.07. The van der Waals surface area contributed by atoms with Gasteiger partial charge < -0.3 is 10.2 Å². The lowest BCUT2D eigenvalue weighted by Crippen LogP contribution is -2.36. The fourth-order valence-corrected chi connectivity index (χ4v) is 1.66. The van der Waals surface area contributed by atoms with Crippen molar-refractivity contribution in [3.05, 3.63) is 35.4 Å². The van der Waals surface area contributed by atoms with Crippen molar-refractivity contribution in [3.8, 4) is 0 Å². The average Bonchev–Trinajstić information content (AvgIpc) is 2.33. The number of aryl methyl sites for hydroxylation is 1. The van der Waals surface area contributed by atoms with Crippen LogP contribution >= 0.6 is 0 Å². The van der Waals surface area contributed by atoms with Gasteiger partial charge in [-0.2, -0.15) is 0 Å². The van der Waals surface area contributed by atoms with E-state index in [0.29, 0.717) is 6.54 Å². The molecule has 0 fully saturated rings. The minimum Gasteiger partial charge on any atom is -0.344 e. The van der Waals surface area contributed by atoms with E-state index in [-0.39, 0.29) is 5.91 Å². The van der Waals surface area contributed by atoms with Gasteiger partial charge in [0, 0.05) is 13.6 Å². The maximum atomic E-state index is 11.7. The second-order valence-corrected chi connectivity index (χ2v) is 4.33. The van der Waals surface area contributed by atoms with Gasteiger partial charge in [0.2, 0.25) is 5.91 Å². The van der Waals surface area contributed by atoms with Gasteiger partial charge in [-0.25, -0.2) is 0 Å². The summed E-state index contributed by atoms with van der Waals surface area (Å²) in [7, 11) is 1.86. The van der Waals surface area contributed by atoms with E-state index >= 15 is 0 Å². The molecule has 1 aromatic carbocycles. The normalized spacial score (nSPS) is 10.3. The van der Waals surface area contributed by atoms with E-state index in [1.54, 1.807) is 4.90 Å². The Morgan fingerprint density at radius 1 is 1.41 bits per heavy atom. The molecule has 1 rings (SSSR count). The lowest BCUT2D eigenvalue weighted by atomic mass is 10.1. The van der Waals surface area contributed by atoms with Crippen molar-refractivity contribution in [3.63, 3.8) is 0 Å². The van der Waals surface area contributed by atoms with Crippen molar-refractivity contribution in [2.75, 3.05) is 26.7 Å². The maximum absolute atomic E-state index is 11.7. The number of hydrogen-bond donors (Lipinski definition) is 1. The Kier molecular flexibility index (Phi) is 5.70. The summed E-state index contributed by atoms with van der Waals surface area (Å²) in [5.74, 6) is 0.152. The molecule has 0 saturated heterocycles. The van der Waals surface area contributed by atoms with Crippen LogP contribution in [0.1, 0.15) is 18.1 Å². The Bertz CT molecular complexity index is 363. The minimum atomic E-state index is 0.152. The summed E-state index contributed by atoms with van der Waals surface area (Å²) in [4.78, 5) is 13.4. The standard InChI is InChI=1S/C14H22N2O/c1-4-15-11-14(17)16(3)9-8-13-7-5-6-12(2)10-13/h5-7,10,15H,4,8-9,11H2,1-3H3. The fourth-order valence-electron chi connectivity index (χ4n) is 1.66. The largest absolute Gasteiger partial charge is 0.344 e. The van der Waals surface area contributed by atoms with Gasteiger partial charge in [-0.05, 0) is 25.5 Å². The molecule has 0 aliphatic rings. The first-order chi connectivity index (χ1) is 8.13. The number of benzene rings is 1. The third kappa shape index (κ3) is 5.00. The Hall–Kier alpha value is -1.35. The van der Waals surface area contributed by atoms with Gasteiger partial charge in [0.25, 0.3) is 0 Å². The number of nitrogens with one attached hydrogen (secondary N) is 1. The molecule has 94 valence electrons. The minimum absolute atomic E-state index is 0.152. The van der Waals surface area contributed by atoms with Crippen LogP contribution < -0.4 is 5.32 Å². The van der Waals surface area contributed by atoms with E-state index < -0.39 is 0 Å². The highest BCUT2D eigenvalue weighted by atomic mass is 16.2. The molecule has 0 radical (unpaired) electrons. The number of likely N-dealkylation sites (N-methyl/N-ethyl adjacent to an activating group) is 2. The first-order valence-corrected chi connectivity index (χ1v) is 6.13. The lowest BCUT2D eigenvalue weighted by molar-refractivity contribution is -0.128. The van der Waals surface area contributed by atoms with Gasteiger partial charge in [0.1, 0.15) is 0 Å². The quantitative estimate of drug-likeness (QED) is 0.811. The first-order valence-electron chi connectivity index (χ1n) is 6.13. The number of carbonyl (C=O) groups is 1. The lowest BCUT2D eigenvalue weighted by Gasteiger charge is -2.17. The third-order valence-corrected chi connectivity index (χ3v) is 2.77. The summed E-state index contributed by atoms with van der Waals surface area (Å²) < 4.78 is 0. The number of hydrogen-bond acceptors (Lipinski definition) is 2. The van der Waals surface area contributed by atoms with Crippen LogP contribution in [0.2, 0.25) is 0 Å². The fraction of sp³-hybridized carbons (Fsp3) is 0.500. The van der Waals surface area contributed by atoms with Crippen LogP contribution in [-0.4, -0.2) is 37.5 Å². The number of amides is 1. The zero-order chi connectivity index (χ0) is 12.7. The molecule has 0 bridgehead atoms. The molecule has 17 heavy (non-hydrogen) atoms. The first kappa shape index (κ1) is 13.7. The molecule has 0 aliphatic heterocycles. The van der Waals surface area contributed by atoms with E-state index in [9.17, 15) is 4.79 Å². The van der Waals surface area contributed by atoms with Gasteiger partial charge >= 0.3 is 0 Å². The van der Waals surface area contributed by atoms with Gasteiger partial charge in [-0.3, -0.25) is 4.79 Å². The predicted octanol–water partition coefficient (Wildman–Crippen LogP) is 1.61. The molecule has 1 N–H and O–H groups in total. The van der Waals surface area contributed by atoms with Crippen molar-refractivity contribution in [2.45, 2.75) is 20.3 Å². The van der Waals surface area contributed by atoms with Crippen molar-refractivity contribution >= 4 is 5.91 Å². The molecule has 0 aliphatic carbocycles. The van der Waals surface area contributed by atoms with E-state index in [1.165, 1.54) is 11.1 Å². The van der Waals surface area contributed by atoms with E-state index in [4.69, 9.17) is 0 Å². The molecule has 0 spiro atoms. The predicted molar refractivity (Wildman–Crippen MR) is 71.1 cm³/mol. The Labute approximate surface area is 104 Å². The second kappa shape index (κ2) is 7.07. The van der Waals surface area contributed by atoms with Crippen molar-refractivity contribution in [1.29, 1.82) is 0 Å². The second-order valence-electron chi connectivity index (χ2n) is 4.33. The van der Waals surface area contributed by atoms with Crippen LogP contribution in [0, 0.1) is 6.92 Å².